The molecule has 122 valence electrons. The Hall–Kier alpha value is -0.320. The fourth-order valence-corrected chi connectivity index (χ4v) is 2.27. The van der Waals surface area contributed by atoms with Crippen LogP contribution in [0.5, 0.6) is 0 Å². The summed E-state index contributed by atoms with van der Waals surface area (Å²) in [6.45, 7) is 2.33. The van der Waals surface area contributed by atoms with Gasteiger partial charge in [-0.3, -0.25) is 0 Å². The molecule has 2 N–H and O–H groups in total. The molecular formula is C13H22O8. The molecule has 3 fully saturated rings. The quantitative estimate of drug-likeness (QED) is 0.511. The standard InChI is InChI=1S/C13H22O8/c1-16-13-12(20-5-8-4-19-8)11(15)10(14)9(21-13)6-17-2-7-3-18-7/h7-15H,2-6H2,1H3. The molecule has 0 aromatic heterocycles. The van der Waals surface area contributed by atoms with Gasteiger partial charge in [-0.1, -0.05) is 0 Å². The van der Waals surface area contributed by atoms with Crippen molar-refractivity contribution in [2.75, 3.05) is 40.1 Å². The van der Waals surface area contributed by atoms with Crippen molar-refractivity contribution in [3.8, 4) is 0 Å². The third-order valence-electron chi connectivity index (χ3n) is 3.74. The van der Waals surface area contributed by atoms with Crippen LogP contribution in [0.2, 0.25) is 0 Å². The van der Waals surface area contributed by atoms with Crippen molar-refractivity contribution in [2.24, 2.45) is 0 Å². The first-order valence-electron chi connectivity index (χ1n) is 7.16. The van der Waals surface area contributed by atoms with Gasteiger partial charge in [-0.2, -0.15) is 0 Å². The molecule has 8 heteroatoms. The Labute approximate surface area is 122 Å². The zero-order valence-electron chi connectivity index (χ0n) is 11.9. The molecule has 0 amide bonds. The second kappa shape index (κ2) is 6.84. The van der Waals surface area contributed by atoms with Crippen LogP contribution in [0.3, 0.4) is 0 Å². The van der Waals surface area contributed by atoms with E-state index < -0.39 is 30.7 Å². The summed E-state index contributed by atoms with van der Waals surface area (Å²) in [5, 5.41) is 20.3. The summed E-state index contributed by atoms with van der Waals surface area (Å²) in [6.07, 6.45) is -4.17. The van der Waals surface area contributed by atoms with Gasteiger partial charge in [-0.05, 0) is 0 Å². The van der Waals surface area contributed by atoms with Gasteiger partial charge in [-0.25, -0.2) is 0 Å². The Morgan fingerprint density at radius 3 is 2.29 bits per heavy atom. The fraction of sp³-hybridized carbons (Fsp3) is 1.00. The summed E-state index contributed by atoms with van der Waals surface area (Å²) in [5.41, 5.74) is 0. The lowest BCUT2D eigenvalue weighted by Crippen LogP contribution is -2.60. The van der Waals surface area contributed by atoms with Crippen LogP contribution in [0.1, 0.15) is 0 Å². The van der Waals surface area contributed by atoms with E-state index in [9.17, 15) is 10.2 Å². The minimum absolute atomic E-state index is 0.0615. The van der Waals surface area contributed by atoms with Gasteiger partial charge < -0.3 is 38.6 Å². The van der Waals surface area contributed by atoms with E-state index in [4.69, 9.17) is 28.4 Å². The lowest BCUT2D eigenvalue weighted by molar-refractivity contribution is -0.305. The average Bonchev–Trinajstić information content (AvgIpc) is 3.36. The summed E-state index contributed by atoms with van der Waals surface area (Å²) in [6, 6.07) is 0. The molecule has 3 aliphatic rings. The molecule has 3 heterocycles. The fourth-order valence-electron chi connectivity index (χ4n) is 2.27. The van der Waals surface area contributed by atoms with Crippen molar-refractivity contribution in [1.82, 2.24) is 0 Å². The van der Waals surface area contributed by atoms with Crippen molar-refractivity contribution in [3.63, 3.8) is 0 Å². The van der Waals surface area contributed by atoms with Crippen LogP contribution in [0.15, 0.2) is 0 Å². The number of aliphatic hydroxyl groups is 2. The van der Waals surface area contributed by atoms with E-state index in [-0.39, 0.29) is 18.8 Å². The number of ether oxygens (including phenoxy) is 6. The van der Waals surface area contributed by atoms with E-state index in [2.05, 4.69) is 0 Å². The summed E-state index contributed by atoms with van der Waals surface area (Å²) >= 11 is 0. The highest BCUT2D eigenvalue weighted by atomic mass is 16.7. The topological polar surface area (TPSA) is 102 Å². The minimum Gasteiger partial charge on any atom is -0.387 e. The Balaban J connectivity index is 1.50. The van der Waals surface area contributed by atoms with Crippen LogP contribution in [-0.2, 0) is 28.4 Å². The lowest BCUT2D eigenvalue weighted by atomic mass is 9.99. The predicted octanol–water partition coefficient (Wildman–Crippen LogP) is -1.72. The van der Waals surface area contributed by atoms with Crippen LogP contribution >= 0.6 is 0 Å². The maximum atomic E-state index is 10.2. The van der Waals surface area contributed by atoms with Gasteiger partial charge >= 0.3 is 0 Å². The van der Waals surface area contributed by atoms with Crippen LogP contribution in [0, 0.1) is 0 Å². The van der Waals surface area contributed by atoms with E-state index in [1.54, 1.807) is 0 Å². The minimum atomic E-state index is -1.10. The monoisotopic (exact) mass is 306 g/mol. The first kappa shape index (κ1) is 15.6. The third kappa shape index (κ3) is 4.11. The Kier molecular flexibility index (Phi) is 5.07. The zero-order chi connectivity index (χ0) is 14.8. The Morgan fingerprint density at radius 2 is 1.67 bits per heavy atom. The third-order valence-corrected chi connectivity index (χ3v) is 3.74. The van der Waals surface area contributed by atoms with Gasteiger partial charge in [0.2, 0.25) is 0 Å². The van der Waals surface area contributed by atoms with Crippen LogP contribution in [0.25, 0.3) is 0 Å². The highest BCUT2D eigenvalue weighted by Gasteiger charge is 2.46. The molecule has 3 aliphatic heterocycles. The van der Waals surface area contributed by atoms with Crippen LogP contribution < -0.4 is 0 Å². The normalized spacial score (nSPS) is 45.6. The van der Waals surface area contributed by atoms with Gasteiger partial charge in [-0.15, -0.1) is 0 Å². The molecule has 0 saturated carbocycles. The van der Waals surface area contributed by atoms with Crippen molar-refractivity contribution in [2.45, 2.75) is 42.9 Å². The first-order valence-corrected chi connectivity index (χ1v) is 7.16. The van der Waals surface area contributed by atoms with Gasteiger partial charge in [0, 0.05) is 7.11 Å². The SMILES string of the molecule is COC1OC(COCC2CO2)C(O)C(O)C1OCC1CO1. The van der Waals surface area contributed by atoms with Gasteiger partial charge in [0.1, 0.15) is 36.6 Å². The molecule has 0 spiro atoms. The molecule has 0 bridgehead atoms. The maximum absolute atomic E-state index is 10.2. The molecule has 3 rings (SSSR count). The second-order valence-electron chi connectivity index (χ2n) is 5.51. The first-order chi connectivity index (χ1) is 10.2. The molecule has 21 heavy (non-hydrogen) atoms. The Morgan fingerprint density at radius 1 is 1.00 bits per heavy atom. The summed E-state index contributed by atoms with van der Waals surface area (Å²) in [7, 11) is 1.47. The van der Waals surface area contributed by atoms with Gasteiger partial charge in [0.15, 0.2) is 6.29 Å². The number of aliphatic hydroxyl groups excluding tert-OH is 2. The Bertz CT molecular complexity index is 328. The highest BCUT2D eigenvalue weighted by molar-refractivity contribution is 4.90. The van der Waals surface area contributed by atoms with Gasteiger partial charge in [0.05, 0.1) is 33.0 Å². The maximum Gasteiger partial charge on any atom is 0.186 e. The average molecular weight is 306 g/mol. The van der Waals surface area contributed by atoms with Crippen molar-refractivity contribution in [3.05, 3.63) is 0 Å². The molecule has 0 aromatic rings. The molecule has 0 aromatic carbocycles. The zero-order valence-corrected chi connectivity index (χ0v) is 11.9. The molecule has 7 atom stereocenters. The summed E-state index contributed by atoms with van der Waals surface area (Å²) in [5.74, 6) is 0. The number of epoxide rings is 2. The molecule has 0 aliphatic carbocycles. The highest BCUT2D eigenvalue weighted by Crippen LogP contribution is 2.25. The number of hydrogen-bond acceptors (Lipinski definition) is 8. The molecule has 7 unspecified atom stereocenters. The smallest absolute Gasteiger partial charge is 0.186 e. The molecule has 0 radical (unpaired) electrons. The van der Waals surface area contributed by atoms with E-state index in [0.29, 0.717) is 26.4 Å². The van der Waals surface area contributed by atoms with E-state index >= 15 is 0 Å². The predicted molar refractivity (Wildman–Crippen MR) is 67.7 cm³/mol. The number of hydrogen-bond donors (Lipinski definition) is 2. The lowest BCUT2D eigenvalue weighted by Gasteiger charge is -2.41. The van der Waals surface area contributed by atoms with Crippen LogP contribution in [-0.4, -0.2) is 93.3 Å². The molecular weight excluding hydrogens is 284 g/mol. The molecule has 8 nitrogen and oxygen atoms in total. The largest absolute Gasteiger partial charge is 0.387 e. The number of rotatable bonds is 8. The van der Waals surface area contributed by atoms with Crippen molar-refractivity contribution in [1.29, 1.82) is 0 Å². The van der Waals surface area contributed by atoms with Gasteiger partial charge in [0.25, 0.3) is 0 Å². The van der Waals surface area contributed by atoms with E-state index in [0.717, 1.165) is 0 Å². The van der Waals surface area contributed by atoms with E-state index in [1.165, 1.54) is 7.11 Å². The van der Waals surface area contributed by atoms with E-state index in [1.807, 2.05) is 0 Å². The van der Waals surface area contributed by atoms with Crippen molar-refractivity contribution < 1.29 is 38.6 Å². The number of methoxy groups -OCH3 is 1. The van der Waals surface area contributed by atoms with Crippen molar-refractivity contribution >= 4 is 0 Å². The second-order valence-corrected chi connectivity index (χ2v) is 5.51. The molecule has 3 saturated heterocycles. The van der Waals surface area contributed by atoms with Crippen LogP contribution in [0.4, 0.5) is 0 Å². The summed E-state index contributed by atoms with van der Waals surface area (Å²) in [4.78, 5) is 0. The summed E-state index contributed by atoms with van der Waals surface area (Å²) < 4.78 is 31.9.